The van der Waals surface area contributed by atoms with E-state index >= 15 is 0 Å². The number of nitrogens with one attached hydrogen (secondary N) is 2. The molecule has 9 heteroatoms. The Bertz CT molecular complexity index is 1530. The second kappa shape index (κ2) is 13.6. The summed E-state index contributed by atoms with van der Waals surface area (Å²) in [5.41, 5.74) is 5.50. The summed E-state index contributed by atoms with van der Waals surface area (Å²) in [4.78, 5) is 29.2. The number of allylic oxidation sites excluding steroid dienone is 3. The number of nitrogens with zero attached hydrogens (tertiary/aromatic N) is 2. The Morgan fingerprint density at radius 3 is 2.48 bits per heavy atom. The topological polar surface area (TPSA) is 105 Å². The van der Waals surface area contributed by atoms with Gasteiger partial charge < -0.3 is 25.0 Å². The third-order valence-corrected chi connectivity index (χ3v) is 6.62. The standard InChI is InChI=1S/C31H35FN4O4/c1-19(15-29(40-6)26(22(4)32)16-33-13-14-37)23-9-7-10-24(20(23)2)25-11-8-12-28(21(25)3)35-30(38)27-17-34-18-36(5)31(27)39/h7-12,15,17-18,33,37H,1,13-14,16H2,2-6H3,(H,35,38)/b26-22+,29-15+. The summed E-state index contributed by atoms with van der Waals surface area (Å²) in [6.45, 7) is 9.91. The predicted molar refractivity (Wildman–Crippen MR) is 157 cm³/mol. The summed E-state index contributed by atoms with van der Waals surface area (Å²) in [5.74, 6) is -0.594. The smallest absolute Gasteiger partial charge is 0.265 e. The molecule has 1 heterocycles. The van der Waals surface area contributed by atoms with E-state index < -0.39 is 17.3 Å². The van der Waals surface area contributed by atoms with Crippen molar-refractivity contribution in [1.82, 2.24) is 14.9 Å². The molecule has 1 amide bonds. The maximum Gasteiger partial charge on any atom is 0.265 e. The number of carbonyl (C=O) groups excluding carboxylic acids is 1. The van der Waals surface area contributed by atoms with Crippen molar-refractivity contribution >= 4 is 17.2 Å². The van der Waals surface area contributed by atoms with E-state index in [-0.39, 0.29) is 18.7 Å². The number of aliphatic hydroxyl groups excluding tert-OH is 1. The number of aliphatic hydroxyl groups is 1. The van der Waals surface area contributed by atoms with Crippen LogP contribution in [0.15, 0.2) is 83.5 Å². The molecule has 3 N–H and O–H groups in total. The van der Waals surface area contributed by atoms with Crippen LogP contribution in [0.25, 0.3) is 16.7 Å². The van der Waals surface area contributed by atoms with Gasteiger partial charge in [-0.1, -0.05) is 36.9 Å². The highest BCUT2D eigenvalue weighted by Gasteiger charge is 2.17. The first-order valence-corrected chi connectivity index (χ1v) is 12.7. The molecule has 0 atom stereocenters. The van der Waals surface area contributed by atoms with Gasteiger partial charge in [0, 0.05) is 37.6 Å². The van der Waals surface area contributed by atoms with Crippen LogP contribution in [-0.2, 0) is 11.8 Å². The Kier molecular flexibility index (Phi) is 10.3. The number of aryl methyl sites for hydroxylation is 1. The lowest BCUT2D eigenvalue weighted by Crippen LogP contribution is -2.28. The summed E-state index contributed by atoms with van der Waals surface area (Å²) in [5, 5.41) is 14.9. The number of benzene rings is 2. The highest BCUT2D eigenvalue weighted by atomic mass is 19.1. The fourth-order valence-corrected chi connectivity index (χ4v) is 4.37. The fourth-order valence-electron chi connectivity index (χ4n) is 4.37. The van der Waals surface area contributed by atoms with E-state index in [1.165, 1.54) is 38.2 Å². The van der Waals surface area contributed by atoms with Gasteiger partial charge in [-0.05, 0) is 66.3 Å². The van der Waals surface area contributed by atoms with Crippen molar-refractivity contribution in [2.45, 2.75) is 20.8 Å². The maximum absolute atomic E-state index is 14.3. The minimum absolute atomic E-state index is 0.0477. The molecule has 40 heavy (non-hydrogen) atoms. The lowest BCUT2D eigenvalue weighted by Gasteiger charge is -2.17. The van der Waals surface area contributed by atoms with Crippen molar-refractivity contribution in [3.63, 3.8) is 0 Å². The number of hydrogen-bond donors (Lipinski definition) is 3. The zero-order valence-electron chi connectivity index (χ0n) is 23.5. The van der Waals surface area contributed by atoms with E-state index in [9.17, 15) is 14.0 Å². The number of hydrogen-bond acceptors (Lipinski definition) is 6. The van der Waals surface area contributed by atoms with Gasteiger partial charge in [0.1, 0.15) is 17.1 Å². The summed E-state index contributed by atoms with van der Waals surface area (Å²) in [7, 11) is 3.01. The number of aromatic nitrogens is 2. The summed E-state index contributed by atoms with van der Waals surface area (Å²) >= 11 is 0. The van der Waals surface area contributed by atoms with Gasteiger partial charge in [0.25, 0.3) is 11.5 Å². The summed E-state index contributed by atoms with van der Waals surface area (Å²) in [6.07, 6.45) is 4.30. The Labute approximate surface area is 233 Å². The van der Waals surface area contributed by atoms with Crippen LogP contribution in [0.5, 0.6) is 0 Å². The lowest BCUT2D eigenvalue weighted by atomic mass is 9.90. The minimum atomic E-state index is -0.537. The van der Waals surface area contributed by atoms with Crippen LogP contribution in [0.2, 0.25) is 0 Å². The van der Waals surface area contributed by atoms with Crippen molar-refractivity contribution in [2.24, 2.45) is 7.05 Å². The maximum atomic E-state index is 14.3. The minimum Gasteiger partial charge on any atom is -0.496 e. The zero-order valence-corrected chi connectivity index (χ0v) is 23.5. The molecular weight excluding hydrogens is 511 g/mol. The molecule has 0 aliphatic heterocycles. The highest BCUT2D eigenvalue weighted by Crippen LogP contribution is 2.34. The van der Waals surface area contributed by atoms with Crippen molar-refractivity contribution < 1.29 is 19.0 Å². The Morgan fingerprint density at radius 2 is 1.82 bits per heavy atom. The molecule has 1 aromatic heterocycles. The van der Waals surface area contributed by atoms with Gasteiger partial charge in [-0.15, -0.1) is 0 Å². The van der Waals surface area contributed by atoms with Crippen LogP contribution in [0.1, 0.15) is 34.0 Å². The van der Waals surface area contributed by atoms with E-state index in [1.807, 2.05) is 44.2 Å². The first-order chi connectivity index (χ1) is 19.1. The van der Waals surface area contributed by atoms with Crippen molar-refractivity contribution in [3.05, 3.63) is 111 Å². The molecule has 0 radical (unpaired) electrons. The number of amides is 1. The molecular formula is C31H35FN4O4. The van der Waals surface area contributed by atoms with Gasteiger partial charge >= 0.3 is 0 Å². The number of anilines is 1. The van der Waals surface area contributed by atoms with Gasteiger partial charge in [0.15, 0.2) is 0 Å². The molecule has 0 unspecified atom stereocenters. The van der Waals surface area contributed by atoms with E-state index in [0.717, 1.165) is 27.8 Å². The molecule has 0 aliphatic carbocycles. The molecule has 210 valence electrons. The zero-order chi connectivity index (χ0) is 29.4. The molecule has 2 aromatic carbocycles. The van der Waals surface area contributed by atoms with E-state index in [0.29, 0.717) is 29.1 Å². The second-order valence-electron chi connectivity index (χ2n) is 9.28. The van der Waals surface area contributed by atoms with Gasteiger partial charge in [-0.3, -0.25) is 9.59 Å². The van der Waals surface area contributed by atoms with Gasteiger partial charge in [0.2, 0.25) is 0 Å². The number of methoxy groups -OCH3 is 1. The summed E-state index contributed by atoms with van der Waals surface area (Å²) < 4.78 is 21.1. The normalized spacial score (nSPS) is 12.1. The van der Waals surface area contributed by atoms with E-state index in [2.05, 4.69) is 22.2 Å². The highest BCUT2D eigenvalue weighted by molar-refractivity contribution is 6.04. The third kappa shape index (κ3) is 6.80. The van der Waals surface area contributed by atoms with Crippen molar-refractivity contribution in [1.29, 1.82) is 0 Å². The van der Waals surface area contributed by atoms with Crippen LogP contribution in [-0.4, -0.2) is 47.4 Å². The molecule has 0 saturated carbocycles. The van der Waals surface area contributed by atoms with Crippen LogP contribution < -0.4 is 16.2 Å². The van der Waals surface area contributed by atoms with E-state index in [1.54, 1.807) is 12.1 Å². The van der Waals surface area contributed by atoms with Crippen molar-refractivity contribution in [2.75, 3.05) is 32.1 Å². The third-order valence-electron chi connectivity index (χ3n) is 6.62. The molecule has 3 rings (SSSR count). The van der Waals surface area contributed by atoms with Gasteiger partial charge in [-0.2, -0.15) is 0 Å². The molecule has 3 aromatic rings. The number of rotatable bonds is 11. The second-order valence-corrected chi connectivity index (χ2v) is 9.28. The van der Waals surface area contributed by atoms with Crippen LogP contribution in [0.4, 0.5) is 10.1 Å². The largest absolute Gasteiger partial charge is 0.496 e. The van der Waals surface area contributed by atoms with Gasteiger partial charge in [0.05, 0.1) is 20.0 Å². The van der Waals surface area contributed by atoms with Gasteiger partial charge in [-0.25, -0.2) is 9.37 Å². The molecule has 0 saturated heterocycles. The average molecular weight is 547 g/mol. The molecule has 0 fully saturated rings. The first-order valence-electron chi connectivity index (χ1n) is 12.7. The van der Waals surface area contributed by atoms with Crippen LogP contribution in [0.3, 0.4) is 0 Å². The fraction of sp³-hybridized carbons (Fsp3) is 0.258. The SMILES string of the molecule is C=C(/C=C(OC)\C(CNCCO)=C(/C)F)c1cccc(-c2cccc(NC(=O)c3cncn(C)c3=O)c2C)c1C. The number of carbonyl (C=O) groups is 1. The van der Waals surface area contributed by atoms with E-state index in [4.69, 9.17) is 9.84 Å². The molecule has 8 nitrogen and oxygen atoms in total. The molecule has 0 bridgehead atoms. The summed E-state index contributed by atoms with van der Waals surface area (Å²) in [6, 6.07) is 11.4. The Morgan fingerprint density at radius 1 is 1.15 bits per heavy atom. The van der Waals surface area contributed by atoms with Crippen LogP contribution >= 0.6 is 0 Å². The van der Waals surface area contributed by atoms with Crippen molar-refractivity contribution in [3.8, 4) is 11.1 Å². The number of ether oxygens (including phenoxy) is 1. The quantitative estimate of drug-likeness (QED) is 0.183. The predicted octanol–water partition coefficient (Wildman–Crippen LogP) is 4.69. The molecule has 0 spiro atoms. The molecule has 0 aliphatic rings. The van der Waals surface area contributed by atoms with Crippen LogP contribution in [0, 0.1) is 13.8 Å². The lowest BCUT2D eigenvalue weighted by molar-refractivity contribution is 0.102. The average Bonchev–Trinajstić information content (AvgIpc) is 2.92. The number of halogens is 1. The monoisotopic (exact) mass is 546 g/mol. The first kappa shape index (κ1) is 30.2. The Hall–Kier alpha value is -4.34. The Balaban J connectivity index is 1.96.